The first-order valence-electron chi connectivity index (χ1n) is 13.6. The van der Waals surface area contributed by atoms with Gasteiger partial charge in [-0.15, -0.1) is 0 Å². The van der Waals surface area contributed by atoms with Gasteiger partial charge in [0.05, 0.1) is 27.7 Å². The zero-order valence-electron chi connectivity index (χ0n) is 25.7. The summed E-state index contributed by atoms with van der Waals surface area (Å²) in [6.07, 6.45) is 0. The fourth-order valence-electron chi connectivity index (χ4n) is 3.24. The number of benzene rings is 1. The first-order valence-corrected chi connectivity index (χ1v) is 15.1. The second-order valence-electron chi connectivity index (χ2n) is 10.6. The van der Waals surface area contributed by atoms with E-state index in [0.29, 0.717) is 11.0 Å². The normalized spacial score (nSPS) is 13.7. The number of phosphoric acid groups is 1. The van der Waals surface area contributed by atoms with Crippen LogP contribution in [-0.2, 0) is 39.4 Å². The van der Waals surface area contributed by atoms with Crippen LogP contribution in [0.1, 0.15) is 29.8 Å². The van der Waals surface area contributed by atoms with Crippen LogP contribution >= 0.6 is 7.82 Å². The van der Waals surface area contributed by atoms with Crippen molar-refractivity contribution in [3.63, 3.8) is 0 Å². The summed E-state index contributed by atoms with van der Waals surface area (Å²) in [5, 5.41) is 25.0. The number of nitrogens with zero attached hydrogens (tertiary/aromatic N) is 4. The maximum absolute atomic E-state index is 12.8. The molecule has 1 unspecified atom stereocenters. The first-order chi connectivity index (χ1) is 21.0. The maximum Gasteiger partial charge on any atom is 0.472 e. The van der Waals surface area contributed by atoms with E-state index in [2.05, 4.69) is 41.1 Å². The third-order valence-corrected chi connectivity index (χ3v) is 6.67. The van der Waals surface area contributed by atoms with Crippen molar-refractivity contribution in [2.45, 2.75) is 32.5 Å². The van der Waals surface area contributed by atoms with Gasteiger partial charge in [-0.3, -0.25) is 33.0 Å². The number of nitrogens with one attached hydrogen (secondary N) is 5. The van der Waals surface area contributed by atoms with Gasteiger partial charge in [0, 0.05) is 29.3 Å². The van der Waals surface area contributed by atoms with Crippen LogP contribution in [-0.4, -0.2) is 117 Å². The van der Waals surface area contributed by atoms with E-state index in [1.807, 2.05) is 21.1 Å². The molecule has 45 heavy (non-hydrogen) atoms. The minimum Gasteiger partial charge on any atom is -0.392 e. The van der Waals surface area contributed by atoms with Crippen LogP contribution in [0, 0.1) is 0 Å². The molecule has 0 aliphatic carbocycles. The Morgan fingerprint density at radius 1 is 1.00 bits per heavy atom. The maximum atomic E-state index is 12.8. The number of hydrogen-bond donors (Lipinski definition) is 7. The fraction of sp³-hybridized carbons (Fsp3) is 0.560. The zero-order chi connectivity index (χ0) is 34.2. The molecular weight excluding hydrogens is 617 g/mol. The van der Waals surface area contributed by atoms with E-state index in [0.717, 1.165) is 0 Å². The van der Waals surface area contributed by atoms with Gasteiger partial charge in [-0.1, -0.05) is 11.2 Å². The Morgan fingerprint density at radius 3 is 2.27 bits per heavy atom. The fourth-order valence-corrected chi connectivity index (χ4v) is 3.91. The molecule has 0 saturated carbocycles. The van der Waals surface area contributed by atoms with Gasteiger partial charge in [0.1, 0.15) is 38.4 Å². The number of amides is 5. The van der Waals surface area contributed by atoms with Crippen molar-refractivity contribution in [2.24, 2.45) is 5.11 Å². The lowest BCUT2D eigenvalue weighted by Crippen LogP contribution is -2.50. The van der Waals surface area contributed by atoms with Gasteiger partial charge in [0.15, 0.2) is 0 Å². The van der Waals surface area contributed by atoms with Gasteiger partial charge in [0.2, 0.25) is 23.6 Å². The standard InChI is InChI=1S/C25H40N9O10P/c1-16(30-21(36)13-29-33-26)23(38)31-17(2)24(39)32-19-7-6-18(14-35)20(12-19)25(40)28-9-8-27-22(37)15-44-45(41,42)43-11-10-34(3,4)5/h6-7,12,16-17,35H,8-11,13-15H2,1-5H3,(H5-,27,28,30,31,32,36,37,38,39,40,41,42)/p+1/t16-,17-/m0/s1. The number of azide groups is 1. The summed E-state index contributed by atoms with van der Waals surface area (Å²) in [5.41, 5.74) is 8.72. The molecule has 5 amide bonds. The average molecular weight is 659 g/mol. The molecule has 20 heteroatoms. The number of carbonyl (C=O) groups excluding carboxylic acids is 5. The second-order valence-corrected chi connectivity index (χ2v) is 12.1. The van der Waals surface area contributed by atoms with Crippen LogP contribution in [0.3, 0.4) is 0 Å². The summed E-state index contributed by atoms with van der Waals surface area (Å²) >= 11 is 0. The molecular formula is C25H41N9O10P+. The minimum absolute atomic E-state index is 0.0326. The largest absolute Gasteiger partial charge is 0.472 e. The van der Waals surface area contributed by atoms with Gasteiger partial charge >= 0.3 is 7.82 Å². The van der Waals surface area contributed by atoms with E-state index in [4.69, 9.17) is 10.1 Å². The predicted molar refractivity (Wildman–Crippen MR) is 160 cm³/mol. The van der Waals surface area contributed by atoms with Gasteiger partial charge in [-0.25, -0.2) is 4.57 Å². The highest BCUT2D eigenvalue weighted by Crippen LogP contribution is 2.42. The molecule has 1 rings (SSSR count). The Hall–Kier alpha value is -4.09. The van der Waals surface area contributed by atoms with E-state index >= 15 is 0 Å². The molecule has 0 spiro atoms. The molecule has 0 saturated heterocycles. The van der Waals surface area contributed by atoms with Crippen LogP contribution in [0.25, 0.3) is 10.4 Å². The molecule has 19 nitrogen and oxygen atoms in total. The Balaban J connectivity index is 2.60. The van der Waals surface area contributed by atoms with Gasteiger partial charge in [-0.2, -0.15) is 0 Å². The van der Waals surface area contributed by atoms with Gasteiger partial charge in [-0.05, 0) is 37.1 Å². The lowest BCUT2D eigenvalue weighted by molar-refractivity contribution is -0.870. The number of anilines is 1. The zero-order valence-corrected chi connectivity index (χ0v) is 26.6. The van der Waals surface area contributed by atoms with Crippen molar-refractivity contribution in [2.75, 3.05) is 65.9 Å². The summed E-state index contributed by atoms with van der Waals surface area (Å²) in [7, 11) is 1.19. The highest BCUT2D eigenvalue weighted by Gasteiger charge is 2.24. The molecule has 0 aromatic heterocycles. The van der Waals surface area contributed by atoms with E-state index in [-0.39, 0.29) is 36.5 Å². The molecule has 7 N–H and O–H groups in total. The number of rotatable bonds is 19. The van der Waals surface area contributed by atoms with E-state index in [9.17, 15) is 38.5 Å². The van der Waals surface area contributed by atoms with E-state index in [1.54, 1.807) is 0 Å². The molecule has 0 bridgehead atoms. The monoisotopic (exact) mass is 658 g/mol. The molecule has 3 atom stereocenters. The third kappa shape index (κ3) is 16.0. The molecule has 0 aliphatic rings. The van der Waals surface area contributed by atoms with Crippen LogP contribution in [0.2, 0.25) is 0 Å². The molecule has 1 aromatic rings. The Labute approximate surface area is 259 Å². The number of aliphatic hydroxyl groups is 1. The first kappa shape index (κ1) is 38.9. The lowest BCUT2D eigenvalue weighted by atomic mass is 10.1. The van der Waals surface area contributed by atoms with Crippen molar-refractivity contribution in [3.05, 3.63) is 39.8 Å². The van der Waals surface area contributed by atoms with Crippen LogP contribution in [0.15, 0.2) is 23.3 Å². The van der Waals surface area contributed by atoms with Crippen molar-refractivity contribution in [3.8, 4) is 0 Å². The predicted octanol–water partition coefficient (Wildman–Crippen LogP) is -0.877. The highest BCUT2D eigenvalue weighted by molar-refractivity contribution is 7.47. The van der Waals surface area contributed by atoms with Crippen molar-refractivity contribution >= 4 is 43.0 Å². The number of hydrogen-bond acceptors (Lipinski definition) is 10. The molecule has 0 radical (unpaired) electrons. The molecule has 0 heterocycles. The summed E-state index contributed by atoms with van der Waals surface area (Å²) in [6, 6.07) is 2.11. The number of carbonyl (C=O) groups is 5. The number of likely N-dealkylation sites (N-methyl/N-ethyl adjacent to an activating group) is 1. The Bertz CT molecular complexity index is 1310. The summed E-state index contributed by atoms with van der Waals surface area (Å²) < 4.78 is 21.9. The second kappa shape index (κ2) is 18.7. The van der Waals surface area contributed by atoms with E-state index < -0.39 is 69.2 Å². The smallest absolute Gasteiger partial charge is 0.392 e. The Morgan fingerprint density at radius 2 is 1.64 bits per heavy atom. The van der Waals surface area contributed by atoms with Crippen molar-refractivity contribution in [1.29, 1.82) is 0 Å². The summed E-state index contributed by atoms with van der Waals surface area (Å²) in [4.78, 5) is 73.4. The van der Waals surface area contributed by atoms with Gasteiger partial charge in [0.25, 0.3) is 5.91 Å². The summed E-state index contributed by atoms with van der Waals surface area (Å²) in [6.45, 7) is 1.33. The average Bonchev–Trinajstić information content (AvgIpc) is 2.96. The quantitative estimate of drug-likeness (QED) is 0.0241. The minimum atomic E-state index is -4.42. The van der Waals surface area contributed by atoms with Gasteiger partial charge < -0.3 is 41.1 Å². The molecule has 1 aromatic carbocycles. The lowest BCUT2D eigenvalue weighted by Gasteiger charge is -2.23. The SMILES string of the molecule is C[C@H](NC(=O)CN=[N+]=[N-])C(=O)N[C@@H](C)C(=O)Nc1ccc(CO)c(C(=O)NCCNC(=O)COP(=O)(O)OCC[N+](C)(C)C)c1. The highest BCUT2D eigenvalue weighted by atomic mass is 31.2. The van der Waals surface area contributed by atoms with Crippen LogP contribution in [0.5, 0.6) is 0 Å². The van der Waals surface area contributed by atoms with Crippen molar-refractivity contribution < 1.29 is 52.1 Å². The Kier molecular flexibility index (Phi) is 16.1. The molecule has 0 aliphatic heterocycles. The number of aliphatic hydroxyl groups excluding tert-OH is 1. The third-order valence-electron chi connectivity index (χ3n) is 5.70. The molecule has 0 fully saturated rings. The van der Waals surface area contributed by atoms with Crippen LogP contribution < -0.4 is 26.6 Å². The number of quaternary nitrogens is 1. The van der Waals surface area contributed by atoms with Crippen LogP contribution in [0.4, 0.5) is 5.69 Å². The van der Waals surface area contributed by atoms with E-state index in [1.165, 1.54) is 32.0 Å². The van der Waals surface area contributed by atoms with Crippen molar-refractivity contribution in [1.82, 2.24) is 21.3 Å². The summed E-state index contributed by atoms with van der Waals surface area (Å²) in [5.74, 6) is -3.34. The number of phosphoric ester groups is 1. The topological polar surface area (TPSA) is 270 Å². The molecule has 250 valence electrons.